The Kier molecular flexibility index (Phi) is 3.87. The van der Waals surface area contributed by atoms with Crippen molar-refractivity contribution in [2.24, 2.45) is 5.92 Å². The number of carbonyl (C=O) groups is 1. The number of carbonyl (C=O) groups excluding carboxylic acids is 1. The molecule has 1 aromatic rings. The second-order valence-electron chi connectivity index (χ2n) is 4.56. The van der Waals surface area contributed by atoms with Crippen molar-refractivity contribution in [2.45, 2.75) is 32.8 Å². The van der Waals surface area contributed by atoms with Crippen LogP contribution in [0.25, 0.3) is 0 Å². The zero-order chi connectivity index (χ0) is 13.1. The van der Waals surface area contributed by atoms with Crippen molar-refractivity contribution in [1.82, 2.24) is 0 Å². The highest BCUT2D eigenvalue weighted by molar-refractivity contribution is 5.79. The van der Waals surface area contributed by atoms with Crippen molar-refractivity contribution in [1.29, 1.82) is 0 Å². The van der Waals surface area contributed by atoms with E-state index in [1.165, 1.54) is 6.92 Å². The van der Waals surface area contributed by atoms with Gasteiger partial charge in [0, 0.05) is 5.92 Å². The molecule has 0 amide bonds. The molecule has 2 rings (SSSR count). The molecule has 0 unspecified atom stereocenters. The van der Waals surface area contributed by atoms with Gasteiger partial charge in [0.05, 0.1) is 6.10 Å². The fourth-order valence-electron chi connectivity index (χ4n) is 2.22. The van der Waals surface area contributed by atoms with Gasteiger partial charge in [0.2, 0.25) is 6.79 Å². The molecule has 0 saturated heterocycles. The fourth-order valence-corrected chi connectivity index (χ4v) is 2.22. The molecule has 0 spiro atoms. The third-order valence-electron chi connectivity index (χ3n) is 3.24. The highest BCUT2D eigenvalue weighted by Crippen LogP contribution is 2.36. The van der Waals surface area contributed by atoms with Crippen molar-refractivity contribution in [3.8, 4) is 11.5 Å². The molecule has 0 aliphatic carbocycles. The number of ketones is 1. The van der Waals surface area contributed by atoms with E-state index >= 15 is 0 Å². The Morgan fingerprint density at radius 2 is 2.11 bits per heavy atom. The van der Waals surface area contributed by atoms with Crippen molar-refractivity contribution >= 4 is 5.78 Å². The van der Waals surface area contributed by atoms with Crippen LogP contribution >= 0.6 is 0 Å². The first-order valence-electron chi connectivity index (χ1n) is 6.21. The summed E-state index contributed by atoms with van der Waals surface area (Å²) < 4.78 is 10.5. The van der Waals surface area contributed by atoms with E-state index in [1.807, 2.05) is 6.92 Å². The Morgan fingerprint density at radius 1 is 1.39 bits per heavy atom. The number of hydrogen-bond donors (Lipinski definition) is 1. The number of benzene rings is 1. The molecule has 1 aliphatic rings. The Morgan fingerprint density at radius 3 is 2.78 bits per heavy atom. The molecule has 0 aromatic heterocycles. The lowest BCUT2D eigenvalue weighted by atomic mass is 9.89. The van der Waals surface area contributed by atoms with Crippen LogP contribution in [0.1, 0.15) is 38.4 Å². The van der Waals surface area contributed by atoms with Gasteiger partial charge in [0.25, 0.3) is 0 Å². The number of fused-ring (bicyclic) bond motifs is 1. The van der Waals surface area contributed by atoms with Gasteiger partial charge in [-0.2, -0.15) is 0 Å². The van der Waals surface area contributed by atoms with Crippen LogP contribution in [0.15, 0.2) is 18.2 Å². The van der Waals surface area contributed by atoms with E-state index in [4.69, 9.17) is 9.47 Å². The largest absolute Gasteiger partial charge is 0.454 e. The van der Waals surface area contributed by atoms with Crippen LogP contribution < -0.4 is 9.47 Å². The van der Waals surface area contributed by atoms with E-state index < -0.39 is 6.10 Å². The molecular formula is C14H18O4. The van der Waals surface area contributed by atoms with E-state index in [-0.39, 0.29) is 18.5 Å². The van der Waals surface area contributed by atoms with Crippen LogP contribution in [-0.4, -0.2) is 17.7 Å². The summed E-state index contributed by atoms with van der Waals surface area (Å²) in [7, 11) is 0. The van der Waals surface area contributed by atoms with Crippen molar-refractivity contribution in [2.75, 3.05) is 6.79 Å². The number of rotatable bonds is 5. The third-order valence-corrected chi connectivity index (χ3v) is 3.24. The molecule has 98 valence electrons. The summed E-state index contributed by atoms with van der Waals surface area (Å²) in [6.45, 7) is 3.73. The molecule has 0 radical (unpaired) electrons. The molecule has 1 aliphatic heterocycles. The molecule has 1 N–H and O–H groups in total. The van der Waals surface area contributed by atoms with Gasteiger partial charge in [-0.3, -0.25) is 4.79 Å². The maximum atomic E-state index is 11.6. The smallest absolute Gasteiger partial charge is 0.231 e. The van der Waals surface area contributed by atoms with E-state index in [9.17, 15) is 9.90 Å². The van der Waals surface area contributed by atoms with Crippen LogP contribution in [0, 0.1) is 5.92 Å². The first-order chi connectivity index (χ1) is 8.63. The van der Waals surface area contributed by atoms with Gasteiger partial charge in [0.1, 0.15) is 5.78 Å². The monoisotopic (exact) mass is 250 g/mol. The number of Topliss-reactive ketones (excluding diaryl/α,β-unsaturated/α-hetero) is 1. The molecule has 0 saturated carbocycles. The van der Waals surface area contributed by atoms with Gasteiger partial charge >= 0.3 is 0 Å². The minimum atomic E-state index is -0.781. The summed E-state index contributed by atoms with van der Waals surface area (Å²) in [6, 6.07) is 5.30. The molecule has 0 bridgehead atoms. The topological polar surface area (TPSA) is 55.8 Å². The van der Waals surface area contributed by atoms with Crippen molar-refractivity contribution in [3.05, 3.63) is 23.8 Å². The van der Waals surface area contributed by atoms with E-state index in [0.717, 1.165) is 6.42 Å². The number of hydrogen-bond acceptors (Lipinski definition) is 4. The minimum Gasteiger partial charge on any atom is -0.454 e. The van der Waals surface area contributed by atoms with Crippen molar-refractivity contribution < 1.29 is 19.4 Å². The van der Waals surface area contributed by atoms with Gasteiger partial charge in [-0.25, -0.2) is 0 Å². The number of ether oxygens (including phenoxy) is 2. The quantitative estimate of drug-likeness (QED) is 0.872. The van der Waals surface area contributed by atoms with Gasteiger partial charge in [-0.1, -0.05) is 19.4 Å². The summed E-state index contributed by atoms with van der Waals surface area (Å²) in [5.41, 5.74) is 0.702. The van der Waals surface area contributed by atoms with Crippen LogP contribution in [0.5, 0.6) is 11.5 Å². The lowest BCUT2D eigenvalue weighted by Crippen LogP contribution is -2.20. The molecule has 18 heavy (non-hydrogen) atoms. The highest BCUT2D eigenvalue weighted by Gasteiger charge is 2.26. The van der Waals surface area contributed by atoms with Crippen LogP contribution in [0.2, 0.25) is 0 Å². The van der Waals surface area contributed by atoms with E-state index in [2.05, 4.69) is 0 Å². The Bertz CT molecular complexity index is 441. The van der Waals surface area contributed by atoms with Crippen molar-refractivity contribution in [3.63, 3.8) is 0 Å². The maximum absolute atomic E-state index is 11.6. The second-order valence-corrected chi connectivity index (χ2v) is 4.56. The van der Waals surface area contributed by atoms with Gasteiger partial charge < -0.3 is 14.6 Å². The predicted octanol–water partition coefficient (Wildman–Crippen LogP) is 2.45. The van der Waals surface area contributed by atoms with Gasteiger partial charge in [0.15, 0.2) is 11.5 Å². The first-order valence-corrected chi connectivity index (χ1v) is 6.21. The number of aliphatic hydroxyl groups excluding tert-OH is 1. The molecule has 1 aromatic carbocycles. The summed E-state index contributed by atoms with van der Waals surface area (Å²) in [4.78, 5) is 11.6. The highest BCUT2D eigenvalue weighted by atomic mass is 16.7. The lowest BCUT2D eigenvalue weighted by molar-refractivity contribution is -0.124. The normalized spacial score (nSPS) is 16.4. The summed E-state index contributed by atoms with van der Waals surface area (Å²) in [5.74, 6) is 0.976. The lowest BCUT2D eigenvalue weighted by Gasteiger charge is -2.20. The molecule has 4 heteroatoms. The van der Waals surface area contributed by atoms with Crippen LogP contribution in [-0.2, 0) is 4.79 Å². The Hall–Kier alpha value is -1.55. The number of aliphatic hydroxyl groups is 1. The molecule has 1 heterocycles. The zero-order valence-corrected chi connectivity index (χ0v) is 10.7. The van der Waals surface area contributed by atoms with Gasteiger partial charge in [-0.15, -0.1) is 0 Å². The zero-order valence-electron chi connectivity index (χ0n) is 10.7. The molecule has 4 nitrogen and oxygen atoms in total. The van der Waals surface area contributed by atoms with Crippen LogP contribution in [0.4, 0.5) is 0 Å². The van der Waals surface area contributed by atoms with Crippen LogP contribution in [0.3, 0.4) is 0 Å². The van der Waals surface area contributed by atoms with E-state index in [0.29, 0.717) is 23.5 Å². The predicted molar refractivity (Wildman–Crippen MR) is 66.6 cm³/mol. The summed E-state index contributed by atoms with van der Waals surface area (Å²) in [5, 5.41) is 10.3. The molecule has 2 atom stereocenters. The first kappa shape index (κ1) is 12.9. The SMILES string of the molecule is CCC[C@@H](C(C)=O)[C@H](O)c1ccc2c(c1)OCO2. The van der Waals surface area contributed by atoms with Gasteiger partial charge in [-0.05, 0) is 31.0 Å². The third kappa shape index (κ3) is 2.48. The summed E-state index contributed by atoms with van der Waals surface area (Å²) >= 11 is 0. The van der Waals surface area contributed by atoms with E-state index in [1.54, 1.807) is 18.2 Å². The average Bonchev–Trinajstić information content (AvgIpc) is 2.81. The second kappa shape index (κ2) is 5.40. The average molecular weight is 250 g/mol. The minimum absolute atomic E-state index is 0.0158. The maximum Gasteiger partial charge on any atom is 0.231 e. The fraction of sp³-hybridized carbons (Fsp3) is 0.500. The Balaban J connectivity index is 2.21. The Labute approximate surface area is 107 Å². The molecular weight excluding hydrogens is 232 g/mol. The summed E-state index contributed by atoms with van der Waals surface area (Å²) in [6.07, 6.45) is 0.772. The molecule has 0 fully saturated rings. The standard InChI is InChI=1S/C14H18O4/c1-3-4-11(9(2)15)14(16)10-5-6-12-13(7-10)18-8-17-12/h5-7,11,14,16H,3-4,8H2,1-2H3/t11-,14+/m0/s1.